The Labute approximate surface area is 166 Å². The molecule has 0 aliphatic carbocycles. The molecule has 1 aromatic carbocycles. The number of hydrogen-bond acceptors (Lipinski definition) is 8. The van der Waals surface area contributed by atoms with Gasteiger partial charge in [-0.05, 0) is 30.7 Å². The number of hydrogen-bond donors (Lipinski definition) is 2. The Kier molecular flexibility index (Phi) is 4.70. The van der Waals surface area contributed by atoms with Gasteiger partial charge in [-0.25, -0.2) is 15.4 Å². The molecule has 2 aromatic heterocycles. The van der Waals surface area contributed by atoms with Gasteiger partial charge in [0.25, 0.3) is 5.89 Å². The number of halogens is 3. The highest BCUT2D eigenvalue weighted by Gasteiger charge is 2.34. The summed E-state index contributed by atoms with van der Waals surface area (Å²) in [6.07, 6.45) is -0.296. The lowest BCUT2D eigenvalue weighted by atomic mass is 9.96. The van der Waals surface area contributed by atoms with Crippen LogP contribution < -0.4 is 20.7 Å². The van der Waals surface area contributed by atoms with E-state index in [0.717, 1.165) is 0 Å². The van der Waals surface area contributed by atoms with Crippen LogP contribution in [0.25, 0.3) is 11.5 Å². The first-order chi connectivity index (χ1) is 14.2. The first kappa shape index (κ1) is 19.5. The van der Waals surface area contributed by atoms with Gasteiger partial charge < -0.3 is 13.9 Å². The van der Waals surface area contributed by atoms with Gasteiger partial charge >= 0.3 is 12.1 Å². The number of alkyl halides is 3. The fourth-order valence-electron chi connectivity index (χ4n) is 2.72. The molecule has 4 rings (SSSR count). The molecule has 3 heterocycles. The highest BCUT2D eigenvalue weighted by atomic mass is 19.4. The van der Waals surface area contributed by atoms with Crippen LogP contribution in [-0.4, -0.2) is 21.5 Å². The van der Waals surface area contributed by atoms with Gasteiger partial charge in [-0.3, -0.25) is 9.82 Å². The second-order valence-electron chi connectivity index (χ2n) is 6.32. The van der Waals surface area contributed by atoms with Gasteiger partial charge in [0.05, 0.1) is 11.8 Å². The van der Waals surface area contributed by atoms with Crippen LogP contribution >= 0.6 is 0 Å². The van der Waals surface area contributed by atoms with E-state index in [9.17, 15) is 18.0 Å². The minimum Gasteiger partial charge on any atom is -0.438 e. The Balaban J connectivity index is 1.50. The Morgan fingerprint density at radius 1 is 1.13 bits per heavy atom. The molecule has 0 fully saturated rings. The quantitative estimate of drug-likeness (QED) is 0.646. The van der Waals surface area contributed by atoms with Crippen LogP contribution in [0.2, 0.25) is 0 Å². The molecule has 0 saturated heterocycles. The molecular formula is C18H13F3N4O5. The third-order valence-electron chi connectivity index (χ3n) is 4.06. The molecule has 156 valence electrons. The minimum atomic E-state index is -4.77. The van der Waals surface area contributed by atoms with Gasteiger partial charge in [0.1, 0.15) is 17.1 Å². The molecule has 1 atom stereocenters. The molecule has 1 aliphatic heterocycles. The first-order valence-electron chi connectivity index (χ1n) is 8.42. The summed E-state index contributed by atoms with van der Waals surface area (Å²) < 4.78 is 51.3. The zero-order chi connectivity index (χ0) is 21.4. The van der Waals surface area contributed by atoms with E-state index < -0.39 is 17.7 Å². The van der Waals surface area contributed by atoms with Crippen molar-refractivity contribution in [2.75, 3.05) is 0 Å². The number of hydroxylamine groups is 1. The number of aromatic nitrogens is 3. The van der Waals surface area contributed by atoms with E-state index in [0.29, 0.717) is 16.9 Å². The van der Waals surface area contributed by atoms with Crippen LogP contribution in [-0.2, 0) is 10.4 Å². The summed E-state index contributed by atoms with van der Waals surface area (Å²) in [6.45, 7) is 1.70. The third-order valence-corrected chi connectivity index (χ3v) is 4.06. The monoisotopic (exact) mass is 422 g/mol. The number of H-pyrrole nitrogens is 1. The van der Waals surface area contributed by atoms with E-state index in [4.69, 9.17) is 14.0 Å². The van der Waals surface area contributed by atoms with Crippen LogP contribution in [0, 0.1) is 0 Å². The zero-order valence-corrected chi connectivity index (χ0v) is 15.2. The average Bonchev–Trinajstić information content (AvgIpc) is 3.28. The predicted octanol–water partition coefficient (Wildman–Crippen LogP) is 2.99. The molecule has 30 heavy (non-hydrogen) atoms. The predicted molar refractivity (Wildman–Crippen MR) is 93.8 cm³/mol. The highest BCUT2D eigenvalue weighted by molar-refractivity contribution is 5.53. The van der Waals surface area contributed by atoms with Gasteiger partial charge in [0.15, 0.2) is 0 Å². The van der Waals surface area contributed by atoms with Crippen LogP contribution in [0.4, 0.5) is 13.2 Å². The van der Waals surface area contributed by atoms with E-state index in [1.807, 2.05) is 0 Å². The van der Waals surface area contributed by atoms with E-state index >= 15 is 0 Å². The van der Waals surface area contributed by atoms with Crippen molar-refractivity contribution in [2.24, 2.45) is 0 Å². The molecule has 0 spiro atoms. The SMILES string of the molecule is CC1(c2ccc(OC(F)(F)F)cc2)C=C(Oc2cncc(-c3n[nH]c(=O)o3)c2)NO1. The Morgan fingerprint density at radius 3 is 2.57 bits per heavy atom. The molecule has 1 unspecified atom stereocenters. The van der Waals surface area contributed by atoms with Crippen molar-refractivity contribution in [3.05, 3.63) is 70.8 Å². The average molecular weight is 422 g/mol. The summed E-state index contributed by atoms with van der Waals surface area (Å²) in [5, 5.41) is 5.86. The number of nitrogens with zero attached hydrogens (tertiary/aromatic N) is 2. The maximum Gasteiger partial charge on any atom is 0.573 e. The number of nitrogens with one attached hydrogen (secondary N) is 2. The van der Waals surface area contributed by atoms with Gasteiger partial charge in [-0.15, -0.1) is 18.3 Å². The highest BCUT2D eigenvalue weighted by Crippen LogP contribution is 2.34. The van der Waals surface area contributed by atoms with Crippen LogP contribution in [0.3, 0.4) is 0 Å². The maximum atomic E-state index is 12.3. The maximum absolute atomic E-state index is 12.3. The van der Waals surface area contributed by atoms with Crippen LogP contribution in [0.1, 0.15) is 12.5 Å². The van der Waals surface area contributed by atoms with E-state index in [-0.39, 0.29) is 17.5 Å². The van der Waals surface area contributed by atoms with Gasteiger partial charge in [-0.2, -0.15) is 0 Å². The van der Waals surface area contributed by atoms with E-state index in [2.05, 4.69) is 25.4 Å². The van der Waals surface area contributed by atoms with Crippen molar-refractivity contribution in [1.82, 2.24) is 20.7 Å². The van der Waals surface area contributed by atoms with Gasteiger partial charge in [0.2, 0.25) is 5.88 Å². The van der Waals surface area contributed by atoms with E-state index in [1.54, 1.807) is 19.1 Å². The third kappa shape index (κ3) is 4.27. The number of pyridine rings is 1. The summed E-state index contributed by atoms with van der Waals surface area (Å²) in [7, 11) is 0. The lowest BCUT2D eigenvalue weighted by Crippen LogP contribution is -2.23. The summed E-state index contributed by atoms with van der Waals surface area (Å²) >= 11 is 0. The van der Waals surface area contributed by atoms with Crippen LogP contribution in [0.5, 0.6) is 11.5 Å². The summed E-state index contributed by atoms with van der Waals surface area (Å²) in [5.41, 5.74) is 2.58. The summed E-state index contributed by atoms with van der Waals surface area (Å²) in [4.78, 5) is 20.6. The lowest BCUT2D eigenvalue weighted by Gasteiger charge is -2.20. The largest absolute Gasteiger partial charge is 0.573 e. The van der Waals surface area contributed by atoms with Crippen molar-refractivity contribution < 1.29 is 31.9 Å². The van der Waals surface area contributed by atoms with Gasteiger partial charge in [0, 0.05) is 12.3 Å². The van der Waals surface area contributed by atoms with E-state index in [1.165, 1.54) is 36.7 Å². The van der Waals surface area contributed by atoms with Gasteiger partial charge in [-0.1, -0.05) is 12.1 Å². The second-order valence-corrected chi connectivity index (χ2v) is 6.32. The van der Waals surface area contributed by atoms with Crippen molar-refractivity contribution in [3.63, 3.8) is 0 Å². The topological polar surface area (TPSA) is 112 Å². The Hall–Kier alpha value is -3.80. The molecule has 0 radical (unpaired) electrons. The molecule has 3 aromatic rings. The Morgan fingerprint density at radius 2 is 1.90 bits per heavy atom. The lowest BCUT2D eigenvalue weighted by molar-refractivity contribution is -0.274. The molecule has 9 nitrogen and oxygen atoms in total. The molecule has 2 N–H and O–H groups in total. The number of ether oxygens (including phenoxy) is 2. The smallest absolute Gasteiger partial charge is 0.438 e. The molecule has 0 saturated carbocycles. The normalized spacial score (nSPS) is 18.6. The number of benzene rings is 1. The molecule has 0 amide bonds. The fraction of sp³-hybridized carbons (Fsp3) is 0.167. The number of aromatic amines is 1. The van der Waals surface area contributed by atoms with Crippen LogP contribution in [0.15, 0.2) is 63.9 Å². The fourth-order valence-corrected chi connectivity index (χ4v) is 2.72. The standard InChI is InChI=1S/C18H13F3N4O5/c1-17(11-2-4-12(5-3-11)29-18(19,20)21)7-14(25-30-17)27-13-6-10(8-22-9-13)15-23-24-16(26)28-15/h2-9,25H,1H3,(H,24,26). The van der Waals surface area contributed by atoms with Crippen molar-refractivity contribution in [2.45, 2.75) is 18.9 Å². The van der Waals surface area contributed by atoms with Crippen molar-refractivity contribution >= 4 is 0 Å². The first-order valence-corrected chi connectivity index (χ1v) is 8.42. The second kappa shape index (κ2) is 7.22. The molecule has 0 bridgehead atoms. The molecular weight excluding hydrogens is 409 g/mol. The number of rotatable bonds is 5. The minimum absolute atomic E-state index is 0.0496. The van der Waals surface area contributed by atoms with Crippen molar-refractivity contribution in [1.29, 1.82) is 0 Å². The zero-order valence-electron chi connectivity index (χ0n) is 15.2. The van der Waals surface area contributed by atoms with Crippen molar-refractivity contribution in [3.8, 4) is 23.0 Å². The molecule has 12 heteroatoms. The molecule has 1 aliphatic rings. The summed E-state index contributed by atoms with van der Waals surface area (Å²) in [5.74, 6) is -0.454. The summed E-state index contributed by atoms with van der Waals surface area (Å²) in [6, 6.07) is 6.83. The Bertz CT molecular complexity index is 1140.